The van der Waals surface area contributed by atoms with E-state index in [1.54, 1.807) is 4.90 Å². The molecule has 1 aromatic heterocycles. The van der Waals surface area contributed by atoms with Gasteiger partial charge < -0.3 is 14.7 Å². The maximum atomic E-state index is 13.0. The third-order valence-corrected chi connectivity index (χ3v) is 7.02. The van der Waals surface area contributed by atoms with Crippen molar-refractivity contribution in [1.82, 2.24) is 19.8 Å². The predicted molar refractivity (Wildman–Crippen MR) is 138 cm³/mol. The van der Waals surface area contributed by atoms with Crippen LogP contribution < -0.4 is 15.4 Å². The Kier molecular flexibility index (Phi) is 7.01. The number of H-pyrrole nitrogens is 1. The molecule has 2 fully saturated rings. The molecule has 8 nitrogen and oxygen atoms in total. The summed E-state index contributed by atoms with van der Waals surface area (Å²) in [6.07, 6.45) is 1.42. The molecule has 9 heteroatoms. The Morgan fingerprint density at radius 1 is 0.857 bits per heavy atom. The van der Waals surface area contributed by atoms with Crippen LogP contribution in [0.3, 0.4) is 0 Å². The first-order valence-corrected chi connectivity index (χ1v) is 12.4. The third-order valence-electron chi connectivity index (χ3n) is 6.70. The fraction of sp³-hybridized carbons (Fsp3) is 0.346. The zero-order valence-electron chi connectivity index (χ0n) is 19.6. The molecule has 0 atom stereocenters. The third kappa shape index (κ3) is 5.33. The molecule has 35 heavy (non-hydrogen) atoms. The molecule has 1 amide bonds. The summed E-state index contributed by atoms with van der Waals surface area (Å²) in [7, 11) is 0. The number of rotatable bonds is 5. The van der Waals surface area contributed by atoms with Gasteiger partial charge in [0, 0.05) is 65.1 Å². The highest BCUT2D eigenvalue weighted by atomic mass is 35.5. The van der Waals surface area contributed by atoms with Crippen LogP contribution in [0, 0.1) is 0 Å². The first-order chi connectivity index (χ1) is 17.1. The number of hydrogen-bond acceptors (Lipinski definition) is 6. The standard InChI is InChI=1S/C26H29ClN6O2/c27-22-8-4-5-9-23(22)31-14-16-33(17-15-31)26-28-18-21(24(34)29-26)25(35)32-12-10-30(11-13-32)19-20-6-2-1-3-7-20/h1-9,18H,10-17,19H2,(H,28,29,34). The van der Waals surface area contributed by atoms with Crippen LogP contribution in [0.2, 0.25) is 5.02 Å². The van der Waals surface area contributed by atoms with Crippen molar-refractivity contribution in [2.75, 3.05) is 62.2 Å². The maximum absolute atomic E-state index is 13.0. The van der Waals surface area contributed by atoms with Gasteiger partial charge in [0.25, 0.3) is 11.5 Å². The number of benzene rings is 2. The van der Waals surface area contributed by atoms with E-state index in [0.29, 0.717) is 32.1 Å². The maximum Gasteiger partial charge on any atom is 0.265 e. The number of nitrogens with one attached hydrogen (secondary N) is 1. The molecule has 2 aromatic carbocycles. The molecule has 182 valence electrons. The summed E-state index contributed by atoms with van der Waals surface area (Å²) in [5.74, 6) is 0.242. The topological polar surface area (TPSA) is 75.8 Å². The van der Waals surface area contributed by atoms with Gasteiger partial charge in [-0.05, 0) is 17.7 Å². The summed E-state index contributed by atoms with van der Waals surface area (Å²) in [5, 5.41) is 0.733. The van der Waals surface area contributed by atoms with Gasteiger partial charge in [0.15, 0.2) is 0 Å². The SMILES string of the molecule is O=C(c1cnc(N2CCN(c3ccccc3Cl)CC2)[nH]c1=O)N1CCN(Cc2ccccc2)CC1. The molecule has 0 bridgehead atoms. The minimum absolute atomic E-state index is 0.0972. The highest BCUT2D eigenvalue weighted by molar-refractivity contribution is 6.33. The molecule has 3 heterocycles. The number of aromatic amines is 1. The predicted octanol–water partition coefficient (Wildman–Crippen LogP) is 2.71. The van der Waals surface area contributed by atoms with Crippen molar-refractivity contribution in [2.45, 2.75) is 6.54 Å². The number of carbonyl (C=O) groups is 1. The molecule has 5 rings (SSSR count). The van der Waals surface area contributed by atoms with Gasteiger partial charge in [-0.3, -0.25) is 19.5 Å². The molecule has 1 N–H and O–H groups in total. The van der Waals surface area contributed by atoms with Crippen LogP contribution in [0.15, 0.2) is 65.6 Å². The van der Waals surface area contributed by atoms with Crippen molar-refractivity contribution < 1.29 is 4.79 Å². The molecule has 2 saturated heterocycles. The van der Waals surface area contributed by atoms with Crippen molar-refractivity contribution in [3.05, 3.63) is 87.3 Å². The number of para-hydroxylation sites is 1. The zero-order valence-corrected chi connectivity index (χ0v) is 20.3. The lowest BCUT2D eigenvalue weighted by molar-refractivity contribution is 0.0626. The fourth-order valence-electron chi connectivity index (χ4n) is 4.69. The van der Waals surface area contributed by atoms with Crippen molar-refractivity contribution in [3.63, 3.8) is 0 Å². The van der Waals surface area contributed by atoms with Crippen molar-refractivity contribution in [2.24, 2.45) is 0 Å². The van der Waals surface area contributed by atoms with Gasteiger partial charge in [0.2, 0.25) is 5.95 Å². The molecule has 0 aliphatic carbocycles. The summed E-state index contributed by atoms with van der Waals surface area (Å²) < 4.78 is 0. The number of aromatic nitrogens is 2. The van der Waals surface area contributed by atoms with E-state index in [1.165, 1.54) is 11.8 Å². The van der Waals surface area contributed by atoms with Crippen molar-refractivity contribution in [3.8, 4) is 0 Å². The lowest BCUT2D eigenvalue weighted by Gasteiger charge is -2.36. The summed E-state index contributed by atoms with van der Waals surface area (Å²) in [6.45, 7) is 6.54. The van der Waals surface area contributed by atoms with Gasteiger partial charge in [-0.2, -0.15) is 0 Å². The Bertz CT molecular complexity index is 1220. The van der Waals surface area contributed by atoms with Crippen LogP contribution in [-0.4, -0.2) is 78.0 Å². The van der Waals surface area contributed by atoms with Crippen LogP contribution in [-0.2, 0) is 6.54 Å². The smallest absolute Gasteiger partial charge is 0.265 e. The highest BCUT2D eigenvalue weighted by Crippen LogP contribution is 2.26. The van der Waals surface area contributed by atoms with Gasteiger partial charge >= 0.3 is 0 Å². The van der Waals surface area contributed by atoms with Gasteiger partial charge in [-0.15, -0.1) is 0 Å². The monoisotopic (exact) mass is 492 g/mol. The number of nitrogens with zero attached hydrogens (tertiary/aromatic N) is 5. The summed E-state index contributed by atoms with van der Waals surface area (Å²) in [5.41, 5.74) is 1.98. The first-order valence-electron chi connectivity index (χ1n) is 12.0. The van der Waals surface area contributed by atoms with Gasteiger partial charge in [-0.25, -0.2) is 4.98 Å². The normalized spacial score (nSPS) is 17.0. The Morgan fingerprint density at radius 2 is 1.51 bits per heavy atom. The van der Waals surface area contributed by atoms with E-state index in [-0.39, 0.29) is 17.0 Å². The molecule has 0 spiro atoms. The number of anilines is 2. The Balaban J connectivity index is 1.17. The summed E-state index contributed by atoms with van der Waals surface area (Å²) >= 11 is 6.33. The largest absolute Gasteiger partial charge is 0.367 e. The molecular weight excluding hydrogens is 464 g/mol. The van der Waals surface area contributed by atoms with E-state index < -0.39 is 0 Å². The van der Waals surface area contributed by atoms with Crippen LogP contribution in [0.4, 0.5) is 11.6 Å². The Morgan fingerprint density at radius 3 is 2.20 bits per heavy atom. The highest BCUT2D eigenvalue weighted by Gasteiger charge is 2.26. The second-order valence-electron chi connectivity index (χ2n) is 8.93. The average molecular weight is 493 g/mol. The molecule has 0 radical (unpaired) electrons. The molecule has 0 saturated carbocycles. The number of hydrogen-bond donors (Lipinski definition) is 1. The molecule has 0 unspecified atom stereocenters. The van der Waals surface area contributed by atoms with Crippen LogP contribution >= 0.6 is 11.6 Å². The van der Waals surface area contributed by atoms with Gasteiger partial charge in [0.05, 0.1) is 10.7 Å². The zero-order chi connectivity index (χ0) is 24.2. The average Bonchev–Trinajstić information content (AvgIpc) is 2.90. The minimum Gasteiger partial charge on any atom is -0.367 e. The van der Waals surface area contributed by atoms with E-state index >= 15 is 0 Å². The quantitative estimate of drug-likeness (QED) is 0.590. The lowest BCUT2D eigenvalue weighted by Crippen LogP contribution is -2.49. The van der Waals surface area contributed by atoms with E-state index in [4.69, 9.17) is 11.6 Å². The summed E-state index contributed by atoms with van der Waals surface area (Å²) in [4.78, 5) is 41.4. The van der Waals surface area contributed by atoms with Crippen LogP contribution in [0.5, 0.6) is 0 Å². The van der Waals surface area contributed by atoms with Gasteiger partial charge in [-0.1, -0.05) is 54.1 Å². The molecule has 2 aliphatic heterocycles. The number of carbonyl (C=O) groups excluding carboxylic acids is 1. The van der Waals surface area contributed by atoms with Crippen molar-refractivity contribution in [1.29, 1.82) is 0 Å². The van der Waals surface area contributed by atoms with E-state index in [9.17, 15) is 9.59 Å². The van der Waals surface area contributed by atoms with E-state index in [0.717, 1.165) is 43.4 Å². The van der Waals surface area contributed by atoms with E-state index in [2.05, 4.69) is 31.9 Å². The second kappa shape index (κ2) is 10.5. The molecule has 3 aromatic rings. The Hall–Kier alpha value is -3.36. The van der Waals surface area contributed by atoms with E-state index in [1.807, 2.05) is 47.4 Å². The van der Waals surface area contributed by atoms with Crippen LogP contribution in [0.1, 0.15) is 15.9 Å². The number of halogens is 1. The first kappa shape index (κ1) is 23.4. The molecular formula is C26H29ClN6O2. The number of piperazine rings is 2. The lowest BCUT2D eigenvalue weighted by atomic mass is 10.2. The van der Waals surface area contributed by atoms with Crippen LogP contribution in [0.25, 0.3) is 0 Å². The molecule has 2 aliphatic rings. The number of amides is 1. The summed E-state index contributed by atoms with van der Waals surface area (Å²) in [6, 6.07) is 18.1. The Labute approximate surface area is 209 Å². The fourth-order valence-corrected chi connectivity index (χ4v) is 4.94. The minimum atomic E-state index is -0.389. The second-order valence-corrected chi connectivity index (χ2v) is 9.34. The van der Waals surface area contributed by atoms with Gasteiger partial charge in [0.1, 0.15) is 5.56 Å². The van der Waals surface area contributed by atoms with Crippen molar-refractivity contribution >= 4 is 29.1 Å².